The number of furan rings is 1. The zero-order chi connectivity index (χ0) is 16.2. The van der Waals surface area contributed by atoms with Crippen molar-refractivity contribution in [2.75, 3.05) is 26.3 Å². The van der Waals surface area contributed by atoms with E-state index in [0.717, 1.165) is 10.5 Å². The number of ether oxygens (including phenoxy) is 1. The number of rotatable bonds is 4. The molecule has 3 rings (SSSR count). The van der Waals surface area contributed by atoms with E-state index in [1.54, 1.807) is 17.0 Å². The van der Waals surface area contributed by atoms with Crippen LogP contribution in [0.15, 0.2) is 45.7 Å². The van der Waals surface area contributed by atoms with Crippen molar-refractivity contribution < 1.29 is 18.2 Å². The van der Waals surface area contributed by atoms with Gasteiger partial charge in [0.1, 0.15) is 5.76 Å². The Morgan fingerprint density at radius 1 is 1.22 bits per heavy atom. The first-order valence-electron chi connectivity index (χ1n) is 7.54. The summed E-state index contributed by atoms with van der Waals surface area (Å²) in [7, 11) is -1.19. The zero-order valence-electron chi connectivity index (χ0n) is 13.0. The molecule has 0 spiro atoms. The second-order valence-corrected chi connectivity index (χ2v) is 6.93. The summed E-state index contributed by atoms with van der Waals surface area (Å²) in [6, 6.07) is 11.0. The number of hydrogen-bond donors (Lipinski definition) is 0. The van der Waals surface area contributed by atoms with Gasteiger partial charge < -0.3 is 14.1 Å². The predicted octanol–water partition coefficient (Wildman–Crippen LogP) is 2.37. The van der Waals surface area contributed by atoms with Crippen LogP contribution in [0.2, 0.25) is 0 Å². The molecular weight excluding hydrogens is 314 g/mol. The Morgan fingerprint density at radius 3 is 2.74 bits per heavy atom. The first-order chi connectivity index (χ1) is 11.1. The Hall–Kier alpha value is -1.92. The quantitative estimate of drug-likeness (QED) is 0.862. The molecule has 1 aliphatic rings. The number of aryl methyl sites for hydroxylation is 1. The molecular formula is C17H19NO4S. The van der Waals surface area contributed by atoms with E-state index in [1.165, 1.54) is 0 Å². The van der Waals surface area contributed by atoms with E-state index in [2.05, 4.69) is 0 Å². The molecule has 23 heavy (non-hydrogen) atoms. The molecule has 0 bridgehead atoms. The van der Waals surface area contributed by atoms with E-state index in [9.17, 15) is 9.00 Å². The molecule has 2 aromatic rings. The fourth-order valence-electron chi connectivity index (χ4n) is 2.46. The smallest absolute Gasteiger partial charge is 0.289 e. The average Bonchev–Trinajstić information content (AvgIpc) is 3.03. The van der Waals surface area contributed by atoms with Gasteiger partial charge in [0.05, 0.1) is 29.8 Å². The van der Waals surface area contributed by atoms with Crippen LogP contribution in [0.4, 0.5) is 0 Å². The van der Waals surface area contributed by atoms with E-state index in [1.807, 2.05) is 31.2 Å². The van der Waals surface area contributed by atoms with Crippen LogP contribution in [0, 0.1) is 6.92 Å². The Kier molecular flexibility index (Phi) is 4.93. The molecule has 122 valence electrons. The summed E-state index contributed by atoms with van der Waals surface area (Å²) in [5.74, 6) is 0.977. The van der Waals surface area contributed by atoms with Gasteiger partial charge in [0, 0.05) is 18.0 Å². The van der Waals surface area contributed by atoms with Crippen molar-refractivity contribution >= 4 is 16.7 Å². The normalized spacial score (nSPS) is 16.3. The SMILES string of the molecule is Cc1cccc([S@](=O)Cc2ccc(C(=O)N3CCOCC3)o2)c1. The van der Waals surface area contributed by atoms with Crippen molar-refractivity contribution in [1.82, 2.24) is 4.90 Å². The topological polar surface area (TPSA) is 59.8 Å². The van der Waals surface area contributed by atoms with Crippen LogP contribution >= 0.6 is 0 Å². The molecule has 1 fully saturated rings. The van der Waals surface area contributed by atoms with Gasteiger partial charge in [0.2, 0.25) is 0 Å². The third-order valence-electron chi connectivity index (χ3n) is 3.70. The van der Waals surface area contributed by atoms with E-state index in [0.29, 0.717) is 37.8 Å². The molecule has 1 amide bonds. The molecule has 0 saturated carbocycles. The second kappa shape index (κ2) is 7.10. The lowest BCUT2D eigenvalue weighted by atomic mass is 10.2. The number of nitrogens with zero attached hydrogens (tertiary/aromatic N) is 1. The zero-order valence-corrected chi connectivity index (χ0v) is 13.8. The monoisotopic (exact) mass is 333 g/mol. The highest BCUT2D eigenvalue weighted by atomic mass is 32.2. The van der Waals surface area contributed by atoms with Crippen molar-refractivity contribution in [3.05, 3.63) is 53.5 Å². The third kappa shape index (κ3) is 3.89. The summed E-state index contributed by atoms with van der Waals surface area (Å²) in [6.45, 7) is 4.22. The van der Waals surface area contributed by atoms with E-state index < -0.39 is 10.8 Å². The summed E-state index contributed by atoms with van der Waals surface area (Å²) in [5.41, 5.74) is 1.07. The van der Waals surface area contributed by atoms with Gasteiger partial charge in [-0.05, 0) is 36.8 Å². The van der Waals surface area contributed by atoms with Gasteiger partial charge in [-0.3, -0.25) is 9.00 Å². The maximum absolute atomic E-state index is 12.4. The Balaban J connectivity index is 1.67. The van der Waals surface area contributed by atoms with Crippen LogP contribution in [0.5, 0.6) is 0 Å². The lowest BCUT2D eigenvalue weighted by Gasteiger charge is -2.25. The molecule has 1 aliphatic heterocycles. The molecule has 0 N–H and O–H groups in total. The van der Waals surface area contributed by atoms with Gasteiger partial charge in [-0.25, -0.2) is 0 Å². The molecule has 1 atom stereocenters. The average molecular weight is 333 g/mol. The van der Waals surface area contributed by atoms with E-state index in [4.69, 9.17) is 9.15 Å². The van der Waals surface area contributed by atoms with Crippen LogP contribution < -0.4 is 0 Å². The van der Waals surface area contributed by atoms with Crippen molar-refractivity contribution in [3.8, 4) is 0 Å². The highest BCUT2D eigenvalue weighted by molar-refractivity contribution is 7.84. The Bertz CT molecular complexity index is 719. The fourth-order valence-corrected chi connectivity index (χ4v) is 3.59. The number of carbonyl (C=O) groups is 1. The van der Waals surface area contributed by atoms with Crippen LogP contribution in [-0.2, 0) is 21.3 Å². The van der Waals surface area contributed by atoms with Crippen LogP contribution in [0.1, 0.15) is 21.9 Å². The summed E-state index contributed by atoms with van der Waals surface area (Å²) < 4.78 is 23.2. The molecule has 0 aliphatic carbocycles. The number of carbonyl (C=O) groups excluding carboxylic acids is 1. The lowest BCUT2D eigenvalue weighted by Crippen LogP contribution is -2.40. The minimum absolute atomic E-state index is 0.138. The molecule has 5 nitrogen and oxygen atoms in total. The summed E-state index contributed by atoms with van der Waals surface area (Å²) >= 11 is 0. The number of benzene rings is 1. The Morgan fingerprint density at radius 2 is 2.00 bits per heavy atom. The highest BCUT2D eigenvalue weighted by Crippen LogP contribution is 2.17. The van der Waals surface area contributed by atoms with E-state index >= 15 is 0 Å². The van der Waals surface area contributed by atoms with Gasteiger partial charge in [-0.2, -0.15) is 0 Å². The third-order valence-corrected chi connectivity index (χ3v) is 5.02. The minimum atomic E-state index is -1.19. The standard InChI is InChI=1S/C17H19NO4S/c1-13-3-2-4-15(11-13)23(20)12-14-5-6-16(22-14)17(19)18-7-9-21-10-8-18/h2-6,11H,7-10,12H2,1H3/t23-/m1/s1. The van der Waals surface area contributed by atoms with E-state index in [-0.39, 0.29) is 11.7 Å². The molecule has 0 unspecified atom stereocenters. The Labute approximate surface area is 137 Å². The fraction of sp³-hybridized carbons (Fsp3) is 0.353. The number of hydrogen-bond acceptors (Lipinski definition) is 4. The molecule has 1 aromatic heterocycles. The molecule has 0 radical (unpaired) electrons. The molecule has 1 aromatic carbocycles. The lowest BCUT2D eigenvalue weighted by molar-refractivity contribution is 0.0282. The van der Waals surface area contributed by atoms with Gasteiger partial charge in [-0.1, -0.05) is 12.1 Å². The second-order valence-electron chi connectivity index (χ2n) is 5.48. The minimum Gasteiger partial charge on any atom is -0.455 e. The van der Waals surface area contributed by atoms with Crippen LogP contribution in [0.3, 0.4) is 0 Å². The van der Waals surface area contributed by atoms with Crippen molar-refractivity contribution in [1.29, 1.82) is 0 Å². The molecule has 1 saturated heterocycles. The van der Waals surface area contributed by atoms with Crippen LogP contribution in [-0.4, -0.2) is 41.3 Å². The van der Waals surface area contributed by atoms with Gasteiger partial charge >= 0.3 is 0 Å². The van der Waals surface area contributed by atoms with Gasteiger partial charge in [0.25, 0.3) is 5.91 Å². The maximum Gasteiger partial charge on any atom is 0.289 e. The maximum atomic E-state index is 12.4. The summed E-state index contributed by atoms with van der Waals surface area (Å²) in [6.07, 6.45) is 0. The summed E-state index contributed by atoms with van der Waals surface area (Å²) in [4.78, 5) is 14.8. The van der Waals surface area contributed by atoms with Gasteiger partial charge in [0.15, 0.2) is 5.76 Å². The van der Waals surface area contributed by atoms with Crippen molar-refractivity contribution in [2.24, 2.45) is 0 Å². The summed E-state index contributed by atoms with van der Waals surface area (Å²) in [5, 5.41) is 0. The first kappa shape index (κ1) is 16.0. The predicted molar refractivity (Wildman–Crippen MR) is 86.7 cm³/mol. The largest absolute Gasteiger partial charge is 0.455 e. The van der Waals surface area contributed by atoms with Gasteiger partial charge in [-0.15, -0.1) is 0 Å². The highest BCUT2D eigenvalue weighted by Gasteiger charge is 2.21. The first-order valence-corrected chi connectivity index (χ1v) is 8.86. The number of morpholine rings is 1. The molecule has 6 heteroatoms. The van der Waals surface area contributed by atoms with Crippen LogP contribution in [0.25, 0.3) is 0 Å². The molecule has 2 heterocycles. The number of amides is 1. The van der Waals surface area contributed by atoms with Crippen molar-refractivity contribution in [3.63, 3.8) is 0 Å². The van der Waals surface area contributed by atoms with Crippen molar-refractivity contribution in [2.45, 2.75) is 17.6 Å².